The van der Waals surface area contributed by atoms with Crippen molar-refractivity contribution in [2.24, 2.45) is 44.8 Å². The van der Waals surface area contributed by atoms with Crippen molar-refractivity contribution in [3.63, 3.8) is 0 Å². The molecule has 2 spiro atoms. The second-order valence-electron chi connectivity index (χ2n) is 21.1. The van der Waals surface area contributed by atoms with Gasteiger partial charge in [-0.1, -0.05) is 27.7 Å². The van der Waals surface area contributed by atoms with E-state index in [4.69, 9.17) is 23.7 Å². The molecule has 8 rings (SSSR count). The molecule has 8 aliphatic rings. The van der Waals surface area contributed by atoms with Crippen LogP contribution in [0.4, 0.5) is 0 Å². The van der Waals surface area contributed by atoms with Crippen LogP contribution in [0.3, 0.4) is 0 Å². The zero-order valence-corrected chi connectivity index (χ0v) is 33.6. The van der Waals surface area contributed by atoms with E-state index in [1.165, 1.54) is 0 Å². The summed E-state index contributed by atoms with van der Waals surface area (Å²) < 4.78 is 31.9. The van der Waals surface area contributed by atoms with Gasteiger partial charge in [-0.05, 0) is 117 Å². The number of aliphatic hydroxyl groups is 9. The summed E-state index contributed by atoms with van der Waals surface area (Å²) >= 11 is 0. The molecule has 5 saturated carbocycles. The lowest BCUT2D eigenvalue weighted by Gasteiger charge is -2.65. The van der Waals surface area contributed by atoms with Gasteiger partial charge in [0.15, 0.2) is 12.6 Å². The molecule has 3 aliphatic heterocycles. The third kappa shape index (κ3) is 5.70. The molecule has 7 unspecified atom stereocenters. The van der Waals surface area contributed by atoms with Crippen LogP contribution >= 0.6 is 0 Å². The van der Waals surface area contributed by atoms with Crippen molar-refractivity contribution < 1.29 is 69.6 Å². The van der Waals surface area contributed by atoms with E-state index in [2.05, 4.69) is 34.6 Å². The Morgan fingerprint density at radius 3 is 2.05 bits per heavy atom. The van der Waals surface area contributed by atoms with Crippen LogP contribution in [0.1, 0.15) is 106 Å². The van der Waals surface area contributed by atoms with E-state index >= 15 is 0 Å². The standard InChI is InChI=1S/C41H68O14/c1-35(2)24(54-33-29(48)26(45)20(44)17-51-33)9-11-41-18-40(41)13-12-37(5)31(39(7)10-8-25(55-39)36(3,4)50)19(43)15-38(37,6)23(40)14-21(32(35)41)52-34-30(49)28(47)27(46)22(16-42)53-34/h19-34,42-50H,8-18H2,1-7H3/t19-,20?,21-,22?,23-,24?,25-,26-,27+,28?,29?,30?,31-,32-,33?,34+,37+,38-,39+,40-,41+/m0/s1. The van der Waals surface area contributed by atoms with Crippen molar-refractivity contribution >= 4 is 0 Å². The molecule has 5 aliphatic carbocycles. The third-order valence-electron chi connectivity index (χ3n) is 17.6. The van der Waals surface area contributed by atoms with Gasteiger partial charge in [0, 0.05) is 5.92 Å². The molecule has 0 aromatic rings. The maximum absolute atomic E-state index is 12.2. The number of hydrogen-bond donors (Lipinski definition) is 9. The molecule has 0 aromatic carbocycles. The van der Waals surface area contributed by atoms with E-state index < -0.39 is 96.8 Å². The summed E-state index contributed by atoms with van der Waals surface area (Å²) in [5.41, 5.74) is -3.16. The average Bonchev–Trinajstić information content (AvgIpc) is 3.47. The van der Waals surface area contributed by atoms with Crippen LogP contribution in [0.2, 0.25) is 0 Å². The summed E-state index contributed by atoms with van der Waals surface area (Å²) in [6.45, 7) is 13.8. The molecule has 316 valence electrons. The lowest BCUT2D eigenvalue weighted by molar-refractivity contribution is -0.339. The molecule has 14 heteroatoms. The molecule has 3 saturated heterocycles. The minimum absolute atomic E-state index is 0.0633. The Bertz CT molecular complexity index is 1460. The van der Waals surface area contributed by atoms with Crippen molar-refractivity contribution in [2.75, 3.05) is 13.2 Å². The van der Waals surface area contributed by atoms with E-state index in [0.717, 1.165) is 32.1 Å². The molecule has 3 heterocycles. The lowest BCUT2D eigenvalue weighted by Crippen LogP contribution is -2.65. The first-order valence-electron chi connectivity index (χ1n) is 20.9. The fraction of sp³-hybridized carbons (Fsp3) is 1.00. The minimum Gasteiger partial charge on any atom is -0.394 e. The number of aliphatic hydroxyl groups excluding tert-OH is 8. The molecule has 9 N–H and O–H groups in total. The summed E-state index contributed by atoms with van der Waals surface area (Å²) in [4.78, 5) is 0. The largest absolute Gasteiger partial charge is 0.394 e. The zero-order chi connectivity index (χ0) is 40.1. The van der Waals surface area contributed by atoms with Gasteiger partial charge in [0.1, 0.15) is 42.7 Å². The molecule has 21 atom stereocenters. The van der Waals surface area contributed by atoms with Crippen LogP contribution in [0.15, 0.2) is 0 Å². The van der Waals surface area contributed by atoms with Gasteiger partial charge in [0.05, 0.1) is 48.8 Å². The molecule has 0 aromatic heterocycles. The SMILES string of the molecule is CC(C)(O)[C@@H]1CC[C@](C)([C@H]2[C@@H](O)C[C@@]3(C)[C@@H]4C[C@H](O[C@@H]5OC(CO)[C@@H](O)C(O)C5O)[C@H]5C(C)(C)C(OC6OCC(O)[C@H](O)C6O)CC[C@@]56C[C@@]46CC[C@]23C)O1. The summed E-state index contributed by atoms with van der Waals surface area (Å²) in [6, 6.07) is 0. The van der Waals surface area contributed by atoms with Crippen molar-refractivity contribution in [3.8, 4) is 0 Å². The Morgan fingerprint density at radius 2 is 1.40 bits per heavy atom. The summed E-state index contributed by atoms with van der Waals surface area (Å²) in [6.07, 6.45) is -7.48. The van der Waals surface area contributed by atoms with Gasteiger partial charge in [-0.15, -0.1) is 0 Å². The first-order valence-corrected chi connectivity index (χ1v) is 20.9. The predicted molar refractivity (Wildman–Crippen MR) is 194 cm³/mol. The van der Waals surface area contributed by atoms with Gasteiger partial charge in [0.25, 0.3) is 0 Å². The van der Waals surface area contributed by atoms with Crippen molar-refractivity contribution in [3.05, 3.63) is 0 Å². The van der Waals surface area contributed by atoms with Crippen LogP contribution < -0.4 is 0 Å². The van der Waals surface area contributed by atoms with Crippen molar-refractivity contribution in [1.82, 2.24) is 0 Å². The molecule has 8 fully saturated rings. The predicted octanol–water partition coefficient (Wildman–Crippen LogP) is 0.724. The van der Waals surface area contributed by atoms with E-state index in [-0.39, 0.29) is 52.1 Å². The average molecular weight is 785 g/mol. The Balaban J connectivity index is 1.15. The van der Waals surface area contributed by atoms with Gasteiger partial charge in [0.2, 0.25) is 0 Å². The van der Waals surface area contributed by atoms with Gasteiger partial charge in [-0.2, -0.15) is 0 Å². The second-order valence-corrected chi connectivity index (χ2v) is 21.1. The number of fused-ring (bicyclic) bond motifs is 2. The van der Waals surface area contributed by atoms with Gasteiger partial charge in [-0.3, -0.25) is 0 Å². The topological polar surface area (TPSA) is 228 Å². The Morgan fingerprint density at radius 1 is 0.709 bits per heavy atom. The molecular weight excluding hydrogens is 716 g/mol. The number of ether oxygens (including phenoxy) is 5. The van der Waals surface area contributed by atoms with Crippen LogP contribution in [-0.4, -0.2) is 150 Å². The maximum Gasteiger partial charge on any atom is 0.186 e. The highest BCUT2D eigenvalue weighted by molar-refractivity contribution is 5.33. The van der Waals surface area contributed by atoms with Gasteiger partial charge in [-0.25, -0.2) is 0 Å². The molecule has 0 bridgehead atoms. The van der Waals surface area contributed by atoms with Crippen molar-refractivity contribution in [1.29, 1.82) is 0 Å². The second kappa shape index (κ2) is 13.2. The van der Waals surface area contributed by atoms with E-state index in [9.17, 15) is 46.0 Å². The highest BCUT2D eigenvalue weighted by atomic mass is 16.7. The van der Waals surface area contributed by atoms with E-state index in [1.807, 2.05) is 0 Å². The first-order chi connectivity index (χ1) is 25.5. The Labute approximate surface area is 324 Å². The first kappa shape index (κ1) is 41.2. The summed E-state index contributed by atoms with van der Waals surface area (Å²) in [7, 11) is 0. The molecule has 0 amide bonds. The third-order valence-corrected chi connectivity index (χ3v) is 17.6. The fourth-order valence-electron chi connectivity index (χ4n) is 14.9. The molecule has 55 heavy (non-hydrogen) atoms. The summed E-state index contributed by atoms with van der Waals surface area (Å²) in [5.74, 6) is -0.215. The van der Waals surface area contributed by atoms with E-state index in [0.29, 0.717) is 25.7 Å². The Hall–Kier alpha value is -0.560. The molecule has 14 nitrogen and oxygen atoms in total. The number of rotatable bonds is 7. The normalized spacial score (nSPS) is 58.7. The smallest absolute Gasteiger partial charge is 0.186 e. The van der Waals surface area contributed by atoms with Gasteiger partial charge >= 0.3 is 0 Å². The highest BCUT2D eigenvalue weighted by Crippen LogP contribution is 2.89. The monoisotopic (exact) mass is 784 g/mol. The molecular formula is C41H68O14. The van der Waals surface area contributed by atoms with Crippen LogP contribution in [0, 0.1) is 44.8 Å². The van der Waals surface area contributed by atoms with Crippen LogP contribution in [0.5, 0.6) is 0 Å². The summed E-state index contributed by atoms with van der Waals surface area (Å²) in [5, 5.41) is 97.2. The fourth-order valence-corrected chi connectivity index (χ4v) is 14.9. The highest BCUT2D eigenvalue weighted by Gasteiger charge is 2.85. The lowest BCUT2D eigenvalue weighted by atomic mass is 9.41. The quantitative estimate of drug-likeness (QED) is 0.162. The molecule has 0 radical (unpaired) electrons. The number of hydrogen-bond acceptors (Lipinski definition) is 14. The van der Waals surface area contributed by atoms with Crippen LogP contribution in [0.25, 0.3) is 0 Å². The zero-order valence-electron chi connectivity index (χ0n) is 33.6. The van der Waals surface area contributed by atoms with Crippen molar-refractivity contribution in [2.45, 2.75) is 197 Å². The van der Waals surface area contributed by atoms with Gasteiger partial charge < -0.3 is 69.6 Å². The maximum atomic E-state index is 12.2. The van der Waals surface area contributed by atoms with Crippen LogP contribution in [-0.2, 0) is 23.7 Å². The van der Waals surface area contributed by atoms with E-state index in [1.54, 1.807) is 13.8 Å². The minimum atomic E-state index is -1.60. The Kier molecular flexibility index (Phi) is 9.90.